The molecule has 23 heavy (non-hydrogen) atoms. The molecule has 0 amide bonds. The Labute approximate surface area is 131 Å². The molecule has 2 heterocycles. The van der Waals surface area contributed by atoms with Crippen LogP contribution in [0.4, 0.5) is 0 Å². The van der Waals surface area contributed by atoms with Gasteiger partial charge < -0.3 is 18.4 Å². The number of carbonyl (C=O) groups is 1. The highest BCUT2D eigenvalue weighted by Gasteiger charge is 2.15. The number of hydrogen-bond donors (Lipinski definition) is 0. The fourth-order valence-electron chi connectivity index (χ4n) is 1.99. The van der Waals surface area contributed by atoms with Crippen LogP contribution in [-0.4, -0.2) is 23.2 Å². The Hall–Kier alpha value is -3.09. The molecule has 0 saturated carbocycles. The zero-order valence-electron chi connectivity index (χ0n) is 12.6. The lowest BCUT2D eigenvalue weighted by molar-refractivity contribution is 0.0428. The molecule has 0 fully saturated rings. The van der Waals surface area contributed by atoms with Crippen molar-refractivity contribution in [3.05, 3.63) is 53.8 Å². The largest absolute Gasteiger partial charge is 0.497 e. The van der Waals surface area contributed by atoms with Crippen LogP contribution < -0.4 is 4.74 Å². The second-order valence-corrected chi connectivity index (χ2v) is 4.71. The lowest BCUT2D eigenvalue weighted by Gasteiger charge is -2.00. The van der Waals surface area contributed by atoms with Crippen LogP contribution in [0.3, 0.4) is 0 Å². The lowest BCUT2D eigenvalue weighted by Crippen LogP contribution is -2.05. The number of aryl methyl sites for hydroxylation is 1. The first kappa shape index (κ1) is 14.8. The van der Waals surface area contributed by atoms with E-state index >= 15 is 0 Å². The van der Waals surface area contributed by atoms with Crippen LogP contribution in [0.5, 0.6) is 5.75 Å². The molecule has 7 heteroatoms. The Kier molecular flexibility index (Phi) is 4.09. The predicted octanol–water partition coefficient (Wildman–Crippen LogP) is 3.00. The third-order valence-corrected chi connectivity index (χ3v) is 3.20. The molecule has 0 aliphatic carbocycles. The molecular weight excluding hydrogens is 300 g/mol. The minimum Gasteiger partial charge on any atom is -0.497 e. The van der Waals surface area contributed by atoms with Gasteiger partial charge in [-0.2, -0.15) is 4.98 Å². The van der Waals surface area contributed by atoms with Crippen molar-refractivity contribution in [2.45, 2.75) is 13.5 Å². The highest BCUT2D eigenvalue weighted by Crippen LogP contribution is 2.21. The Bertz CT molecular complexity index is 821. The van der Waals surface area contributed by atoms with E-state index in [0.29, 0.717) is 22.9 Å². The smallest absolute Gasteiger partial charge is 0.342 e. The minimum absolute atomic E-state index is 0.111. The first-order valence-electron chi connectivity index (χ1n) is 6.85. The SMILES string of the molecule is COc1cccc(-c2noc(COC(=O)c3ccoc3C)n2)c1. The summed E-state index contributed by atoms with van der Waals surface area (Å²) in [6, 6.07) is 8.81. The molecular formula is C16H14N2O5. The highest BCUT2D eigenvalue weighted by molar-refractivity contribution is 5.90. The minimum atomic E-state index is -0.502. The molecule has 0 atom stereocenters. The number of nitrogens with zero attached hydrogens (tertiary/aromatic N) is 2. The van der Waals surface area contributed by atoms with E-state index in [2.05, 4.69) is 10.1 Å². The van der Waals surface area contributed by atoms with Crippen molar-refractivity contribution in [3.8, 4) is 17.1 Å². The van der Waals surface area contributed by atoms with Crippen molar-refractivity contribution in [2.24, 2.45) is 0 Å². The maximum absolute atomic E-state index is 11.9. The molecule has 118 valence electrons. The number of carbonyl (C=O) groups excluding carboxylic acids is 1. The standard InChI is InChI=1S/C16H14N2O5/c1-10-13(6-7-21-10)16(19)22-9-14-17-15(18-23-14)11-4-3-5-12(8-11)20-2/h3-8H,9H2,1-2H3. The van der Waals surface area contributed by atoms with Crippen molar-refractivity contribution in [1.82, 2.24) is 10.1 Å². The fraction of sp³-hybridized carbons (Fsp3) is 0.188. The Morgan fingerprint density at radius 3 is 2.91 bits per heavy atom. The van der Waals surface area contributed by atoms with Gasteiger partial charge in [-0.15, -0.1) is 0 Å². The van der Waals surface area contributed by atoms with Gasteiger partial charge in [0.1, 0.15) is 17.1 Å². The number of esters is 1. The van der Waals surface area contributed by atoms with Gasteiger partial charge >= 0.3 is 5.97 Å². The van der Waals surface area contributed by atoms with E-state index in [1.54, 1.807) is 26.2 Å². The number of rotatable bonds is 5. The van der Waals surface area contributed by atoms with E-state index in [9.17, 15) is 4.79 Å². The number of ether oxygens (including phenoxy) is 2. The van der Waals surface area contributed by atoms with Crippen LogP contribution >= 0.6 is 0 Å². The zero-order chi connectivity index (χ0) is 16.2. The first-order chi connectivity index (χ1) is 11.2. The topological polar surface area (TPSA) is 87.6 Å². The summed E-state index contributed by atoms with van der Waals surface area (Å²) in [6.07, 6.45) is 1.43. The first-order valence-corrected chi connectivity index (χ1v) is 6.85. The van der Waals surface area contributed by atoms with Gasteiger partial charge in [0, 0.05) is 5.56 Å². The summed E-state index contributed by atoms with van der Waals surface area (Å²) in [5, 5.41) is 3.87. The Morgan fingerprint density at radius 1 is 1.30 bits per heavy atom. The quantitative estimate of drug-likeness (QED) is 0.669. The van der Waals surface area contributed by atoms with Crippen molar-refractivity contribution in [1.29, 1.82) is 0 Å². The summed E-state index contributed by atoms with van der Waals surface area (Å²) in [4.78, 5) is 16.1. The predicted molar refractivity (Wildman–Crippen MR) is 78.9 cm³/mol. The molecule has 0 aliphatic rings. The molecule has 7 nitrogen and oxygen atoms in total. The summed E-state index contributed by atoms with van der Waals surface area (Å²) >= 11 is 0. The van der Waals surface area contributed by atoms with Crippen molar-refractivity contribution < 1.29 is 23.2 Å². The molecule has 0 unspecified atom stereocenters. The van der Waals surface area contributed by atoms with Crippen LogP contribution in [0.1, 0.15) is 22.0 Å². The van der Waals surface area contributed by atoms with Crippen LogP contribution in [-0.2, 0) is 11.3 Å². The zero-order valence-corrected chi connectivity index (χ0v) is 12.6. The van der Waals surface area contributed by atoms with Gasteiger partial charge in [-0.05, 0) is 25.1 Å². The van der Waals surface area contributed by atoms with Crippen LogP contribution in [0.25, 0.3) is 11.4 Å². The Balaban J connectivity index is 1.68. The average molecular weight is 314 g/mol. The van der Waals surface area contributed by atoms with E-state index < -0.39 is 5.97 Å². The van der Waals surface area contributed by atoms with E-state index in [-0.39, 0.29) is 12.5 Å². The summed E-state index contributed by atoms with van der Waals surface area (Å²) < 4.78 is 20.4. The molecule has 0 N–H and O–H groups in total. The summed E-state index contributed by atoms with van der Waals surface area (Å²) in [7, 11) is 1.58. The summed E-state index contributed by atoms with van der Waals surface area (Å²) in [5.74, 6) is 1.29. The van der Waals surface area contributed by atoms with Gasteiger partial charge in [0.05, 0.1) is 13.4 Å². The van der Waals surface area contributed by atoms with E-state index in [1.807, 2.05) is 18.2 Å². The lowest BCUT2D eigenvalue weighted by atomic mass is 10.2. The van der Waals surface area contributed by atoms with Crippen LogP contribution in [0.2, 0.25) is 0 Å². The second-order valence-electron chi connectivity index (χ2n) is 4.71. The third-order valence-electron chi connectivity index (χ3n) is 3.20. The van der Waals surface area contributed by atoms with Crippen molar-refractivity contribution in [2.75, 3.05) is 7.11 Å². The summed E-state index contributed by atoms with van der Waals surface area (Å²) in [6.45, 7) is 1.57. The maximum atomic E-state index is 11.9. The number of furan rings is 1. The van der Waals surface area contributed by atoms with Gasteiger partial charge in [0.25, 0.3) is 5.89 Å². The second kappa shape index (κ2) is 6.35. The number of benzene rings is 1. The molecule has 3 rings (SSSR count). The number of aromatic nitrogens is 2. The molecule has 2 aromatic heterocycles. The fourth-order valence-corrected chi connectivity index (χ4v) is 1.99. The van der Waals surface area contributed by atoms with Gasteiger partial charge in [0.2, 0.25) is 5.82 Å². The van der Waals surface area contributed by atoms with E-state index in [1.165, 1.54) is 6.26 Å². The maximum Gasteiger partial charge on any atom is 0.342 e. The number of methoxy groups -OCH3 is 1. The van der Waals surface area contributed by atoms with Crippen molar-refractivity contribution >= 4 is 5.97 Å². The average Bonchev–Trinajstić information content (AvgIpc) is 3.21. The normalized spacial score (nSPS) is 10.5. The van der Waals surface area contributed by atoms with Crippen LogP contribution in [0, 0.1) is 6.92 Å². The van der Waals surface area contributed by atoms with Gasteiger partial charge in [-0.3, -0.25) is 0 Å². The number of hydrogen-bond acceptors (Lipinski definition) is 7. The molecule has 1 aromatic carbocycles. The van der Waals surface area contributed by atoms with Gasteiger partial charge in [-0.25, -0.2) is 4.79 Å². The molecule has 0 radical (unpaired) electrons. The van der Waals surface area contributed by atoms with Crippen LogP contribution in [0.15, 0.2) is 45.5 Å². The van der Waals surface area contributed by atoms with E-state index in [0.717, 1.165) is 5.56 Å². The molecule has 0 aliphatic heterocycles. The van der Waals surface area contributed by atoms with Gasteiger partial charge in [-0.1, -0.05) is 17.3 Å². The molecule has 0 spiro atoms. The monoisotopic (exact) mass is 314 g/mol. The van der Waals surface area contributed by atoms with E-state index in [4.69, 9.17) is 18.4 Å². The van der Waals surface area contributed by atoms with Crippen molar-refractivity contribution in [3.63, 3.8) is 0 Å². The molecule has 3 aromatic rings. The van der Waals surface area contributed by atoms with Gasteiger partial charge in [0.15, 0.2) is 6.61 Å². The molecule has 0 bridgehead atoms. The summed E-state index contributed by atoms with van der Waals surface area (Å²) in [5.41, 5.74) is 1.12. The molecule has 0 saturated heterocycles. The highest BCUT2D eigenvalue weighted by atomic mass is 16.6. The Morgan fingerprint density at radius 2 is 2.17 bits per heavy atom. The third kappa shape index (κ3) is 3.23.